The van der Waals surface area contributed by atoms with E-state index in [1.54, 1.807) is 6.20 Å². The summed E-state index contributed by atoms with van der Waals surface area (Å²) in [5.41, 5.74) is 0.551. The number of nitrogens with zero attached hydrogens (tertiary/aromatic N) is 3. The maximum Gasteiger partial charge on any atom is 0.256 e. The Kier molecular flexibility index (Phi) is 5.21. The summed E-state index contributed by atoms with van der Waals surface area (Å²) in [5, 5.41) is 2.93. The minimum Gasteiger partial charge on any atom is -0.487 e. The van der Waals surface area contributed by atoms with Crippen LogP contribution >= 0.6 is 0 Å². The Morgan fingerprint density at radius 2 is 2.03 bits per heavy atom. The zero-order valence-corrected chi connectivity index (χ0v) is 17.1. The van der Waals surface area contributed by atoms with Gasteiger partial charge in [0.1, 0.15) is 17.9 Å². The van der Waals surface area contributed by atoms with E-state index in [1.807, 2.05) is 30.4 Å². The summed E-state index contributed by atoms with van der Waals surface area (Å²) in [6.07, 6.45) is 2.36. The first-order valence-electron chi connectivity index (χ1n) is 10.2. The van der Waals surface area contributed by atoms with Crippen molar-refractivity contribution in [2.24, 2.45) is 0 Å². The summed E-state index contributed by atoms with van der Waals surface area (Å²) in [5.74, 6) is -0.507. The predicted molar refractivity (Wildman–Crippen MR) is 111 cm³/mol. The molecule has 156 valence electrons. The van der Waals surface area contributed by atoms with Gasteiger partial charge in [-0.2, -0.15) is 0 Å². The molecule has 0 radical (unpaired) electrons. The minimum absolute atomic E-state index is 0.0393. The molecule has 0 saturated carbocycles. The van der Waals surface area contributed by atoms with Gasteiger partial charge in [-0.3, -0.25) is 9.59 Å². The van der Waals surface area contributed by atoms with Gasteiger partial charge in [0, 0.05) is 38.9 Å². The molecule has 1 aromatic carbocycles. The number of pyridine rings is 1. The van der Waals surface area contributed by atoms with Crippen LogP contribution in [0.1, 0.15) is 36.7 Å². The molecule has 2 aliphatic rings. The van der Waals surface area contributed by atoms with Gasteiger partial charge in [0.2, 0.25) is 5.43 Å². The molecule has 1 amide bonds. The molecule has 2 aliphatic heterocycles. The number of nitrogens with one attached hydrogen (secondary N) is 1. The van der Waals surface area contributed by atoms with E-state index in [9.17, 15) is 9.59 Å². The van der Waals surface area contributed by atoms with Crippen LogP contribution in [0.15, 0.2) is 17.1 Å². The van der Waals surface area contributed by atoms with Gasteiger partial charge < -0.3 is 24.4 Å². The molecule has 0 aliphatic carbocycles. The highest BCUT2D eigenvalue weighted by atomic mass is 19.1. The number of hydrogen-bond donors (Lipinski definition) is 1. The summed E-state index contributed by atoms with van der Waals surface area (Å²) < 4.78 is 23.1. The van der Waals surface area contributed by atoms with Crippen LogP contribution in [0.5, 0.6) is 5.75 Å². The molecule has 1 saturated heterocycles. The van der Waals surface area contributed by atoms with E-state index in [-0.39, 0.29) is 17.0 Å². The van der Waals surface area contributed by atoms with Gasteiger partial charge in [0.05, 0.1) is 16.9 Å². The summed E-state index contributed by atoms with van der Waals surface area (Å²) in [4.78, 5) is 29.7. The van der Waals surface area contributed by atoms with Gasteiger partial charge in [0.25, 0.3) is 5.91 Å². The van der Waals surface area contributed by atoms with Gasteiger partial charge in [-0.15, -0.1) is 0 Å². The lowest BCUT2D eigenvalue weighted by Gasteiger charge is -2.37. The number of halogens is 1. The number of anilines is 1. The second kappa shape index (κ2) is 7.67. The van der Waals surface area contributed by atoms with Gasteiger partial charge in [-0.1, -0.05) is 6.92 Å². The quantitative estimate of drug-likeness (QED) is 0.847. The third kappa shape index (κ3) is 3.35. The van der Waals surface area contributed by atoms with Crippen LogP contribution in [0, 0.1) is 5.82 Å². The first-order chi connectivity index (χ1) is 13.9. The third-order valence-electron chi connectivity index (χ3n) is 5.74. The molecule has 1 aromatic heterocycles. The Balaban J connectivity index is 1.91. The van der Waals surface area contributed by atoms with Crippen molar-refractivity contribution in [1.29, 1.82) is 0 Å². The van der Waals surface area contributed by atoms with Gasteiger partial charge >= 0.3 is 0 Å². The lowest BCUT2D eigenvalue weighted by atomic mass is 10.0. The molecule has 3 heterocycles. The zero-order valence-electron chi connectivity index (χ0n) is 17.1. The van der Waals surface area contributed by atoms with Gasteiger partial charge in [-0.25, -0.2) is 4.39 Å². The smallest absolute Gasteiger partial charge is 0.256 e. The molecule has 29 heavy (non-hydrogen) atoms. The Morgan fingerprint density at radius 1 is 1.31 bits per heavy atom. The predicted octanol–water partition coefficient (Wildman–Crippen LogP) is 1.99. The molecule has 0 spiro atoms. The molecule has 1 fully saturated rings. The zero-order chi connectivity index (χ0) is 20.7. The van der Waals surface area contributed by atoms with Crippen LogP contribution in [-0.2, 0) is 0 Å². The van der Waals surface area contributed by atoms with E-state index in [4.69, 9.17) is 4.74 Å². The molecular weight excluding hydrogens is 375 g/mol. The molecule has 0 bridgehead atoms. The maximum atomic E-state index is 15.2. The molecule has 4 rings (SSSR count). The van der Waals surface area contributed by atoms with Crippen molar-refractivity contribution in [2.45, 2.75) is 26.3 Å². The fraction of sp³-hybridized carbons (Fsp3) is 0.524. The second-order valence-corrected chi connectivity index (χ2v) is 7.92. The normalized spacial score (nSPS) is 19.3. The van der Waals surface area contributed by atoms with E-state index in [0.29, 0.717) is 43.2 Å². The highest BCUT2D eigenvalue weighted by Crippen LogP contribution is 2.42. The lowest BCUT2D eigenvalue weighted by Crippen LogP contribution is -2.45. The molecule has 7 nitrogen and oxygen atoms in total. The average Bonchev–Trinajstić information content (AvgIpc) is 2.71. The van der Waals surface area contributed by atoms with Crippen molar-refractivity contribution in [3.05, 3.63) is 33.9 Å². The molecular formula is C21H27FN4O3. The number of piperazine rings is 1. The largest absolute Gasteiger partial charge is 0.487 e. The van der Waals surface area contributed by atoms with Crippen LogP contribution < -0.4 is 20.4 Å². The number of carbonyl (C=O) groups is 1. The van der Waals surface area contributed by atoms with E-state index < -0.39 is 17.2 Å². The maximum absolute atomic E-state index is 15.2. The number of carbonyl (C=O) groups excluding carboxylic acids is 1. The number of ether oxygens (including phenoxy) is 1. The Bertz CT molecular complexity index is 1010. The van der Waals surface area contributed by atoms with Crippen LogP contribution in [0.4, 0.5) is 10.1 Å². The van der Waals surface area contributed by atoms with Crippen molar-refractivity contribution >= 4 is 22.5 Å². The standard InChI is InChI=1S/C21H27FN4O3/c1-4-5-23-21(28)15-11-26-13(2)12-29-20-17(26)14(19(15)27)10-16(22)18(20)25-8-6-24(3)7-9-25/h10-11,13H,4-9,12H2,1-3H3,(H,23,28). The van der Waals surface area contributed by atoms with Crippen LogP contribution in [0.25, 0.3) is 10.9 Å². The van der Waals surface area contributed by atoms with E-state index in [1.165, 1.54) is 6.07 Å². The van der Waals surface area contributed by atoms with Crippen molar-refractivity contribution in [3.63, 3.8) is 0 Å². The molecule has 1 N–H and O–H groups in total. The van der Waals surface area contributed by atoms with Crippen LogP contribution in [0.2, 0.25) is 0 Å². The van der Waals surface area contributed by atoms with E-state index in [0.717, 1.165) is 19.5 Å². The summed E-state index contributed by atoms with van der Waals surface area (Å²) in [6.45, 7) is 7.77. The number of amides is 1. The fourth-order valence-electron chi connectivity index (χ4n) is 4.03. The van der Waals surface area contributed by atoms with E-state index >= 15 is 4.39 Å². The molecule has 1 unspecified atom stereocenters. The third-order valence-corrected chi connectivity index (χ3v) is 5.74. The number of rotatable bonds is 4. The topological polar surface area (TPSA) is 66.8 Å². The average molecular weight is 402 g/mol. The highest BCUT2D eigenvalue weighted by Gasteiger charge is 2.30. The summed E-state index contributed by atoms with van der Waals surface area (Å²) >= 11 is 0. The second-order valence-electron chi connectivity index (χ2n) is 7.92. The van der Waals surface area contributed by atoms with Gasteiger partial charge in [-0.05, 0) is 26.5 Å². The summed E-state index contributed by atoms with van der Waals surface area (Å²) in [7, 11) is 2.04. The number of hydrogen-bond acceptors (Lipinski definition) is 5. The van der Waals surface area contributed by atoms with Crippen LogP contribution in [0.3, 0.4) is 0 Å². The van der Waals surface area contributed by atoms with Gasteiger partial charge in [0.15, 0.2) is 11.6 Å². The fourth-order valence-corrected chi connectivity index (χ4v) is 4.03. The van der Waals surface area contributed by atoms with Crippen molar-refractivity contribution in [3.8, 4) is 5.75 Å². The Hall–Kier alpha value is -2.61. The number of aromatic nitrogens is 1. The van der Waals surface area contributed by atoms with Crippen molar-refractivity contribution < 1.29 is 13.9 Å². The number of likely N-dealkylation sites (N-methyl/N-ethyl adjacent to an activating group) is 1. The minimum atomic E-state index is -0.485. The first-order valence-corrected chi connectivity index (χ1v) is 10.2. The molecule has 8 heteroatoms. The SMILES string of the molecule is CCCNC(=O)c1cn2c3c(c(N4CCN(C)CC4)c(F)cc3c1=O)OCC2C. The van der Waals surface area contributed by atoms with E-state index in [2.05, 4.69) is 10.2 Å². The Morgan fingerprint density at radius 3 is 2.72 bits per heavy atom. The van der Waals surface area contributed by atoms with Crippen molar-refractivity contribution in [1.82, 2.24) is 14.8 Å². The molecule has 2 aromatic rings. The Labute approximate surface area is 169 Å². The monoisotopic (exact) mass is 402 g/mol. The molecule has 1 atom stereocenters. The lowest BCUT2D eigenvalue weighted by molar-refractivity contribution is 0.0951. The van der Waals surface area contributed by atoms with Crippen LogP contribution in [-0.4, -0.2) is 61.8 Å². The van der Waals surface area contributed by atoms with Crippen molar-refractivity contribution in [2.75, 3.05) is 51.3 Å². The number of benzene rings is 1. The summed E-state index contributed by atoms with van der Waals surface area (Å²) in [6, 6.07) is 1.19. The first kappa shape index (κ1) is 19.7. The highest BCUT2D eigenvalue weighted by molar-refractivity contribution is 6.00.